The molecule has 2 rings (SSSR count). The van der Waals surface area contributed by atoms with E-state index in [0.717, 1.165) is 12.8 Å². The van der Waals surface area contributed by atoms with Gasteiger partial charge in [-0.1, -0.05) is 0 Å². The third-order valence-corrected chi connectivity index (χ3v) is 6.78. The Morgan fingerprint density at radius 3 is 1.53 bits per heavy atom. The Hall–Kier alpha value is -0.0805. The zero-order valence-electron chi connectivity index (χ0n) is 10.4. The molecule has 0 saturated heterocycles. The summed E-state index contributed by atoms with van der Waals surface area (Å²) in [5.74, 6) is 0. The summed E-state index contributed by atoms with van der Waals surface area (Å²) in [7, 11) is 0. The van der Waals surface area contributed by atoms with Crippen molar-refractivity contribution in [2.75, 3.05) is 13.2 Å². The van der Waals surface area contributed by atoms with Gasteiger partial charge in [0.25, 0.3) is 0 Å². The fourth-order valence-electron chi connectivity index (χ4n) is 2.61. The zero-order chi connectivity index (χ0) is 12.1. The van der Waals surface area contributed by atoms with Crippen molar-refractivity contribution < 1.29 is 10.2 Å². The molecule has 0 spiro atoms. The van der Waals surface area contributed by atoms with Crippen molar-refractivity contribution in [1.82, 2.24) is 0 Å². The maximum absolute atomic E-state index is 9.40. The predicted molar refractivity (Wildman–Crippen MR) is 70.9 cm³/mol. The first kappa shape index (κ1) is 13.4. The van der Waals surface area contributed by atoms with Gasteiger partial charge >= 0.3 is 110 Å². The fourth-order valence-corrected chi connectivity index (χ4v) is 5.57. The van der Waals surface area contributed by atoms with Crippen LogP contribution in [0.3, 0.4) is 0 Å². The Balaban J connectivity index is 2.13. The topological polar surface area (TPSA) is 40.5 Å². The molecule has 0 aromatic rings. The minimum atomic E-state index is 0.249. The number of hydrogen-bond acceptors (Lipinski definition) is 2. The van der Waals surface area contributed by atoms with E-state index in [-0.39, 0.29) is 13.2 Å². The first-order chi connectivity index (χ1) is 8.35. The molecule has 0 aromatic carbocycles. The van der Waals surface area contributed by atoms with Crippen molar-refractivity contribution in [3.05, 3.63) is 20.1 Å². The van der Waals surface area contributed by atoms with Gasteiger partial charge in [-0.15, -0.1) is 0 Å². The molecule has 0 heterocycles. The van der Waals surface area contributed by atoms with Crippen molar-refractivity contribution in [3.8, 4) is 0 Å². The average molecular weight is 301 g/mol. The fraction of sp³-hybridized carbons (Fsp3) is 0.714. The summed E-state index contributed by atoms with van der Waals surface area (Å²) in [6.45, 7) is 0.498. The average Bonchev–Trinajstić information content (AvgIpc) is 2.40. The summed E-state index contributed by atoms with van der Waals surface area (Å²) in [6, 6.07) is 0. The monoisotopic (exact) mass is 302 g/mol. The van der Waals surface area contributed by atoms with Crippen LogP contribution in [0.15, 0.2) is 20.1 Å². The van der Waals surface area contributed by atoms with Gasteiger partial charge in [-0.25, -0.2) is 0 Å². The van der Waals surface area contributed by atoms with Crippen LogP contribution in [0.25, 0.3) is 0 Å². The van der Waals surface area contributed by atoms with Gasteiger partial charge in [-0.3, -0.25) is 0 Å². The number of hydrogen-bond donors (Lipinski definition) is 2. The molecule has 0 amide bonds. The van der Waals surface area contributed by atoms with Crippen LogP contribution in [0.5, 0.6) is 0 Å². The molecule has 2 aliphatic carbocycles. The molecular formula is C14H22O2Se. The van der Waals surface area contributed by atoms with Crippen LogP contribution >= 0.6 is 0 Å². The zero-order valence-corrected chi connectivity index (χ0v) is 12.1. The van der Waals surface area contributed by atoms with Crippen LogP contribution in [-0.4, -0.2) is 38.4 Å². The van der Waals surface area contributed by atoms with E-state index in [1.165, 1.54) is 58.6 Å². The van der Waals surface area contributed by atoms with Gasteiger partial charge in [0.2, 0.25) is 0 Å². The Bertz CT molecular complexity index is 299. The second-order valence-corrected chi connectivity index (χ2v) is 7.38. The van der Waals surface area contributed by atoms with Gasteiger partial charge in [-0.2, -0.15) is 0 Å². The van der Waals surface area contributed by atoms with Crippen LogP contribution < -0.4 is 0 Å². The maximum atomic E-state index is 9.40. The molecule has 2 nitrogen and oxygen atoms in total. The minimum absolute atomic E-state index is 0.249. The molecule has 0 bridgehead atoms. The van der Waals surface area contributed by atoms with Gasteiger partial charge in [0.15, 0.2) is 0 Å². The van der Waals surface area contributed by atoms with Gasteiger partial charge < -0.3 is 0 Å². The van der Waals surface area contributed by atoms with Crippen LogP contribution in [0.1, 0.15) is 51.4 Å². The van der Waals surface area contributed by atoms with E-state index >= 15 is 0 Å². The van der Waals surface area contributed by atoms with E-state index in [4.69, 9.17) is 0 Å². The van der Waals surface area contributed by atoms with Crippen LogP contribution in [0, 0.1) is 0 Å². The van der Waals surface area contributed by atoms with Gasteiger partial charge in [0.1, 0.15) is 0 Å². The third-order valence-electron chi connectivity index (χ3n) is 3.68. The van der Waals surface area contributed by atoms with Gasteiger partial charge in [0, 0.05) is 0 Å². The molecule has 0 radical (unpaired) electrons. The predicted octanol–water partition coefficient (Wildman–Crippen LogP) is 2.33. The third kappa shape index (κ3) is 3.45. The van der Waals surface area contributed by atoms with E-state index in [2.05, 4.69) is 0 Å². The Morgan fingerprint density at radius 1 is 0.706 bits per heavy atom. The normalized spacial score (nSPS) is 22.2. The molecule has 0 saturated carbocycles. The number of aliphatic hydroxyl groups excluding tert-OH is 2. The number of aliphatic hydroxyl groups is 2. The Kier molecular flexibility index (Phi) is 5.30. The van der Waals surface area contributed by atoms with E-state index < -0.39 is 0 Å². The van der Waals surface area contributed by atoms with Crippen molar-refractivity contribution in [2.24, 2.45) is 0 Å². The Morgan fingerprint density at radius 2 is 1.12 bits per heavy atom. The molecule has 2 aliphatic rings. The summed E-state index contributed by atoms with van der Waals surface area (Å²) < 4.78 is 3.04. The van der Waals surface area contributed by atoms with Crippen molar-refractivity contribution in [2.45, 2.75) is 51.4 Å². The van der Waals surface area contributed by atoms with Crippen molar-refractivity contribution >= 4 is 15.0 Å². The van der Waals surface area contributed by atoms with E-state index in [1.807, 2.05) is 0 Å². The number of allylic oxidation sites excluding steroid dienone is 2. The summed E-state index contributed by atoms with van der Waals surface area (Å²) in [4.78, 5) is 0. The first-order valence-corrected chi connectivity index (χ1v) is 8.38. The van der Waals surface area contributed by atoms with Crippen LogP contribution in [0.2, 0.25) is 0 Å². The standard InChI is InChI=1S/C14H22O2Se/c15-9-11-5-1-3-7-13(11)17-14-8-4-2-6-12(14)10-16/h15-16H,1-10H2. The second kappa shape index (κ2) is 6.75. The molecule has 0 fully saturated rings. The molecule has 0 atom stereocenters. The molecule has 17 heavy (non-hydrogen) atoms. The summed E-state index contributed by atoms with van der Waals surface area (Å²) in [5, 5.41) is 18.8. The second-order valence-electron chi connectivity index (χ2n) is 4.89. The van der Waals surface area contributed by atoms with Gasteiger partial charge in [0.05, 0.1) is 0 Å². The van der Waals surface area contributed by atoms with Crippen molar-refractivity contribution in [3.63, 3.8) is 0 Å². The van der Waals surface area contributed by atoms with E-state index in [9.17, 15) is 10.2 Å². The van der Waals surface area contributed by atoms with Crippen molar-refractivity contribution in [1.29, 1.82) is 0 Å². The molecule has 0 unspecified atom stereocenters. The Labute approximate surface area is 110 Å². The SMILES string of the molecule is OCC1=C([Se]C2=C(CO)CCCC2)CCCC1. The number of rotatable bonds is 4. The molecule has 2 N–H and O–H groups in total. The summed E-state index contributed by atoms with van der Waals surface area (Å²) in [6.07, 6.45) is 9.58. The first-order valence-electron chi connectivity index (χ1n) is 6.66. The molecule has 3 heteroatoms. The molecular weight excluding hydrogens is 279 g/mol. The van der Waals surface area contributed by atoms with Gasteiger partial charge in [-0.05, 0) is 0 Å². The van der Waals surface area contributed by atoms with Crippen LogP contribution in [-0.2, 0) is 0 Å². The molecule has 0 aromatic heterocycles. The van der Waals surface area contributed by atoms with Crippen LogP contribution in [0.4, 0.5) is 0 Å². The summed E-state index contributed by atoms with van der Waals surface area (Å²) >= 11 is 0.400. The quantitative estimate of drug-likeness (QED) is 0.783. The molecule has 96 valence electrons. The van der Waals surface area contributed by atoms with E-state index in [0.29, 0.717) is 15.0 Å². The summed E-state index contributed by atoms with van der Waals surface area (Å²) in [5.41, 5.74) is 2.60. The van der Waals surface area contributed by atoms with E-state index in [1.54, 1.807) is 0 Å². The molecule has 0 aliphatic heterocycles.